The number of non-ortho nitro benzene ring substituents is 1. The van der Waals surface area contributed by atoms with Crippen molar-refractivity contribution in [3.05, 3.63) is 97.0 Å². The normalized spacial score (nSPS) is 10.6. The van der Waals surface area contributed by atoms with E-state index in [4.69, 9.17) is 25.8 Å². The number of benzene rings is 3. The number of halogens is 1. The highest BCUT2D eigenvalue weighted by molar-refractivity contribution is 6.32. The number of carbonyl (C=O) groups is 1. The van der Waals surface area contributed by atoms with Gasteiger partial charge >= 0.3 is 5.97 Å². The molecule has 11 heteroatoms. The molecule has 0 aliphatic rings. The zero-order chi connectivity index (χ0) is 24.7. The fourth-order valence-electron chi connectivity index (χ4n) is 2.85. The summed E-state index contributed by atoms with van der Waals surface area (Å²) in [5.41, 5.74) is -0.0184. The van der Waals surface area contributed by atoms with Gasteiger partial charge in [0.1, 0.15) is 5.75 Å². The van der Waals surface area contributed by atoms with Crippen LogP contribution in [0.1, 0.15) is 11.1 Å². The monoisotopic (exact) mass is 484 g/mol. The molecular formula is C23H17ClN2O8. The molecule has 174 valence electrons. The van der Waals surface area contributed by atoms with E-state index < -0.39 is 21.5 Å². The van der Waals surface area contributed by atoms with Crippen LogP contribution in [0.2, 0.25) is 5.02 Å². The van der Waals surface area contributed by atoms with E-state index >= 15 is 0 Å². The number of hydrogen-bond donors (Lipinski definition) is 0. The Labute approximate surface area is 198 Å². The molecule has 34 heavy (non-hydrogen) atoms. The summed E-state index contributed by atoms with van der Waals surface area (Å²) < 4.78 is 15.9. The summed E-state index contributed by atoms with van der Waals surface area (Å²) in [6, 6.07) is 14.7. The lowest BCUT2D eigenvalue weighted by atomic mass is 10.1. The summed E-state index contributed by atoms with van der Waals surface area (Å²) >= 11 is 5.98. The first-order valence-electron chi connectivity index (χ1n) is 9.65. The third-order valence-corrected chi connectivity index (χ3v) is 4.78. The second-order valence-electron chi connectivity index (χ2n) is 6.69. The molecule has 0 aliphatic carbocycles. The maximum Gasteiger partial charge on any atom is 0.349 e. The van der Waals surface area contributed by atoms with Crippen molar-refractivity contribution < 1.29 is 28.9 Å². The van der Waals surface area contributed by atoms with E-state index in [1.807, 2.05) is 0 Å². The van der Waals surface area contributed by atoms with Gasteiger partial charge in [-0.05, 0) is 42.0 Å². The van der Waals surface area contributed by atoms with Crippen LogP contribution in [0, 0.1) is 20.2 Å². The Balaban J connectivity index is 1.73. The maximum atomic E-state index is 12.2. The molecule has 0 aliphatic heterocycles. The van der Waals surface area contributed by atoms with Crippen LogP contribution in [-0.4, -0.2) is 29.5 Å². The lowest BCUT2D eigenvalue weighted by Gasteiger charge is -2.11. The van der Waals surface area contributed by atoms with Gasteiger partial charge in [0.05, 0.1) is 33.6 Å². The highest BCUT2D eigenvalue weighted by atomic mass is 35.5. The minimum atomic E-state index is -0.704. The third kappa shape index (κ3) is 6.08. The van der Waals surface area contributed by atoms with Gasteiger partial charge < -0.3 is 14.2 Å². The molecule has 0 atom stereocenters. The molecule has 0 aromatic heterocycles. The molecule has 0 fully saturated rings. The molecule has 0 unspecified atom stereocenters. The first-order valence-corrected chi connectivity index (χ1v) is 10.0. The molecule has 3 rings (SSSR count). The van der Waals surface area contributed by atoms with Crippen molar-refractivity contribution in [3.8, 4) is 17.2 Å². The van der Waals surface area contributed by atoms with Gasteiger partial charge in [-0.3, -0.25) is 20.2 Å². The van der Waals surface area contributed by atoms with E-state index in [1.165, 1.54) is 31.4 Å². The summed E-state index contributed by atoms with van der Waals surface area (Å²) in [6.07, 6.45) is 3.00. The maximum absolute atomic E-state index is 12.2. The number of carbonyl (C=O) groups excluding carboxylic acids is 1. The van der Waals surface area contributed by atoms with Gasteiger partial charge in [-0.2, -0.15) is 0 Å². The average molecular weight is 485 g/mol. The molecule has 0 N–H and O–H groups in total. The number of nitro benzene ring substituents is 2. The van der Waals surface area contributed by atoms with Gasteiger partial charge in [0.15, 0.2) is 18.1 Å². The zero-order valence-corrected chi connectivity index (χ0v) is 18.4. The van der Waals surface area contributed by atoms with Crippen molar-refractivity contribution in [1.29, 1.82) is 0 Å². The van der Waals surface area contributed by atoms with Gasteiger partial charge in [-0.15, -0.1) is 0 Å². The Morgan fingerprint density at radius 2 is 1.71 bits per heavy atom. The van der Waals surface area contributed by atoms with E-state index in [0.717, 1.165) is 6.07 Å². The summed E-state index contributed by atoms with van der Waals surface area (Å²) in [5.74, 6) is 0.0529. The van der Waals surface area contributed by atoms with Gasteiger partial charge in [0.25, 0.3) is 11.4 Å². The number of para-hydroxylation sites is 1. The van der Waals surface area contributed by atoms with E-state index in [-0.39, 0.29) is 29.4 Å². The summed E-state index contributed by atoms with van der Waals surface area (Å²) in [5, 5.41) is 22.5. The molecule has 0 bridgehead atoms. The average Bonchev–Trinajstić information content (AvgIpc) is 2.82. The molecule has 3 aromatic carbocycles. The van der Waals surface area contributed by atoms with Crippen LogP contribution in [0.15, 0.2) is 60.7 Å². The quantitative estimate of drug-likeness (QED) is 0.131. The van der Waals surface area contributed by atoms with Crippen LogP contribution in [0.25, 0.3) is 12.2 Å². The number of rotatable bonds is 9. The number of methoxy groups -OCH3 is 1. The van der Waals surface area contributed by atoms with Crippen molar-refractivity contribution in [3.63, 3.8) is 0 Å². The van der Waals surface area contributed by atoms with Crippen LogP contribution < -0.4 is 14.2 Å². The molecule has 0 spiro atoms. The van der Waals surface area contributed by atoms with E-state index in [9.17, 15) is 25.0 Å². The molecular weight excluding hydrogens is 468 g/mol. The number of ether oxygens (including phenoxy) is 3. The fourth-order valence-corrected chi connectivity index (χ4v) is 3.04. The largest absolute Gasteiger partial charge is 0.493 e. The highest BCUT2D eigenvalue weighted by Crippen LogP contribution is 2.31. The Hall–Kier alpha value is -4.44. The van der Waals surface area contributed by atoms with Gasteiger partial charge in [0.2, 0.25) is 0 Å². The smallest absolute Gasteiger partial charge is 0.349 e. The highest BCUT2D eigenvalue weighted by Gasteiger charge is 2.18. The van der Waals surface area contributed by atoms with E-state index in [0.29, 0.717) is 16.3 Å². The van der Waals surface area contributed by atoms with Crippen LogP contribution in [0.3, 0.4) is 0 Å². The Morgan fingerprint density at radius 3 is 2.38 bits per heavy atom. The summed E-state index contributed by atoms with van der Waals surface area (Å²) in [6.45, 7) is -0.377. The lowest BCUT2D eigenvalue weighted by molar-refractivity contribution is -0.394. The van der Waals surface area contributed by atoms with Crippen LogP contribution >= 0.6 is 11.6 Å². The molecule has 0 heterocycles. The molecule has 0 saturated heterocycles. The number of esters is 1. The minimum absolute atomic E-state index is 0.147. The SMILES string of the molecule is COc1cc(C=Cc2ccc([N+](=O)[O-])cc2[N+](=O)[O-])ccc1OC(=O)COc1ccccc1Cl. The standard InChI is InChI=1S/C23H17ClN2O8/c1-32-22-12-15(6-8-16-9-10-17(25(28)29)13-19(16)26(30)31)7-11-21(22)34-23(27)14-33-20-5-3-2-4-18(20)24/h2-13H,14H2,1H3. The summed E-state index contributed by atoms with van der Waals surface area (Å²) in [7, 11) is 1.39. The molecule has 3 aromatic rings. The number of nitrogens with zero attached hydrogens (tertiary/aromatic N) is 2. The second kappa shape index (κ2) is 10.9. The molecule has 0 amide bonds. The zero-order valence-electron chi connectivity index (χ0n) is 17.7. The predicted octanol–water partition coefficient (Wildman–Crippen LogP) is 5.32. The Morgan fingerprint density at radius 1 is 0.941 bits per heavy atom. The molecule has 0 saturated carbocycles. The van der Waals surface area contributed by atoms with Gasteiger partial charge in [-0.25, -0.2) is 4.79 Å². The fraction of sp³-hybridized carbons (Fsp3) is 0.0870. The van der Waals surface area contributed by atoms with Crippen molar-refractivity contribution in [2.45, 2.75) is 0 Å². The van der Waals surface area contributed by atoms with Gasteiger partial charge in [-0.1, -0.05) is 35.9 Å². The predicted molar refractivity (Wildman–Crippen MR) is 124 cm³/mol. The first-order chi connectivity index (χ1) is 16.3. The van der Waals surface area contributed by atoms with Crippen LogP contribution in [0.4, 0.5) is 11.4 Å². The van der Waals surface area contributed by atoms with Crippen molar-refractivity contribution >= 4 is 41.1 Å². The van der Waals surface area contributed by atoms with E-state index in [1.54, 1.807) is 42.5 Å². The van der Waals surface area contributed by atoms with Crippen molar-refractivity contribution in [1.82, 2.24) is 0 Å². The van der Waals surface area contributed by atoms with Crippen LogP contribution in [-0.2, 0) is 4.79 Å². The number of hydrogen-bond acceptors (Lipinski definition) is 8. The number of nitro groups is 2. The first kappa shape index (κ1) is 24.2. The summed E-state index contributed by atoms with van der Waals surface area (Å²) in [4.78, 5) is 32.9. The Bertz CT molecular complexity index is 1280. The van der Waals surface area contributed by atoms with Crippen molar-refractivity contribution in [2.24, 2.45) is 0 Å². The van der Waals surface area contributed by atoms with Crippen LogP contribution in [0.5, 0.6) is 17.2 Å². The second-order valence-corrected chi connectivity index (χ2v) is 7.10. The topological polar surface area (TPSA) is 131 Å². The molecule has 0 radical (unpaired) electrons. The Kier molecular flexibility index (Phi) is 7.78. The molecule has 10 nitrogen and oxygen atoms in total. The third-order valence-electron chi connectivity index (χ3n) is 4.47. The van der Waals surface area contributed by atoms with Crippen molar-refractivity contribution in [2.75, 3.05) is 13.7 Å². The minimum Gasteiger partial charge on any atom is -0.493 e. The van der Waals surface area contributed by atoms with Gasteiger partial charge in [0, 0.05) is 6.07 Å². The van der Waals surface area contributed by atoms with E-state index in [2.05, 4.69) is 0 Å². The lowest BCUT2D eigenvalue weighted by Crippen LogP contribution is -2.18.